The lowest BCUT2D eigenvalue weighted by atomic mass is 10.1. The van der Waals surface area contributed by atoms with Crippen LogP contribution in [-0.4, -0.2) is 23.6 Å². The summed E-state index contributed by atoms with van der Waals surface area (Å²) in [5, 5.41) is 11.2. The molecule has 1 unspecified atom stereocenters. The van der Waals surface area contributed by atoms with Crippen LogP contribution in [0.25, 0.3) is 0 Å². The molecule has 0 saturated carbocycles. The first-order valence-corrected chi connectivity index (χ1v) is 6.94. The molecular formula is C15H19F2NO4. The minimum atomic E-state index is -2.89. The molecule has 0 heterocycles. The molecule has 0 aliphatic rings. The molecule has 0 aliphatic heterocycles. The molecule has 0 radical (unpaired) electrons. The molecule has 1 aromatic carbocycles. The number of hydrogen-bond donors (Lipinski definition) is 2. The van der Waals surface area contributed by atoms with Gasteiger partial charge < -0.3 is 15.2 Å². The number of hydrogen-bond acceptors (Lipinski definition) is 3. The summed E-state index contributed by atoms with van der Waals surface area (Å²) in [6.45, 7) is -1.16. The summed E-state index contributed by atoms with van der Waals surface area (Å²) in [6, 6.07) is 5.78. The largest absolute Gasteiger partial charge is 0.481 e. The molecule has 5 nitrogen and oxygen atoms in total. The van der Waals surface area contributed by atoms with Crippen molar-refractivity contribution in [2.24, 2.45) is 0 Å². The van der Waals surface area contributed by atoms with E-state index in [1.807, 2.05) is 0 Å². The normalized spacial score (nSPS) is 12.0. The van der Waals surface area contributed by atoms with Gasteiger partial charge in [-0.2, -0.15) is 8.78 Å². The number of nitrogens with one attached hydrogen (secondary N) is 1. The van der Waals surface area contributed by atoms with Crippen molar-refractivity contribution in [1.29, 1.82) is 0 Å². The van der Waals surface area contributed by atoms with Gasteiger partial charge >= 0.3 is 12.6 Å². The average Bonchev–Trinajstić information content (AvgIpc) is 2.43. The average molecular weight is 315 g/mol. The molecule has 0 saturated heterocycles. The van der Waals surface area contributed by atoms with E-state index >= 15 is 0 Å². The van der Waals surface area contributed by atoms with Crippen molar-refractivity contribution in [2.75, 3.05) is 0 Å². The summed E-state index contributed by atoms with van der Waals surface area (Å²) in [6.07, 6.45) is 1.19. The zero-order valence-corrected chi connectivity index (χ0v) is 12.2. The summed E-state index contributed by atoms with van der Waals surface area (Å²) >= 11 is 0. The predicted molar refractivity (Wildman–Crippen MR) is 75.7 cm³/mol. The molecule has 0 fully saturated rings. The van der Waals surface area contributed by atoms with Crippen molar-refractivity contribution >= 4 is 11.9 Å². The number of carboxylic acids is 1. The summed E-state index contributed by atoms with van der Waals surface area (Å²) in [5.41, 5.74) is 0.650. The number of halogens is 2. The van der Waals surface area contributed by atoms with E-state index in [4.69, 9.17) is 5.11 Å². The topological polar surface area (TPSA) is 75.6 Å². The van der Waals surface area contributed by atoms with Crippen molar-refractivity contribution in [2.45, 2.75) is 45.3 Å². The highest BCUT2D eigenvalue weighted by atomic mass is 19.3. The number of aliphatic carboxylic acids is 1. The molecule has 1 atom stereocenters. The van der Waals surface area contributed by atoms with Crippen LogP contribution in [0, 0.1) is 0 Å². The first-order chi connectivity index (χ1) is 10.4. The van der Waals surface area contributed by atoms with E-state index in [0.29, 0.717) is 18.4 Å². The number of benzene rings is 1. The lowest BCUT2D eigenvalue weighted by Gasteiger charge is -2.15. The van der Waals surface area contributed by atoms with Crippen molar-refractivity contribution in [3.05, 3.63) is 29.8 Å². The van der Waals surface area contributed by atoms with Gasteiger partial charge in [-0.15, -0.1) is 0 Å². The van der Waals surface area contributed by atoms with Crippen molar-refractivity contribution in [3.63, 3.8) is 0 Å². The molecular weight excluding hydrogens is 296 g/mol. The van der Waals surface area contributed by atoms with Gasteiger partial charge in [-0.25, -0.2) is 0 Å². The fraction of sp³-hybridized carbons (Fsp3) is 0.467. The third-order valence-electron chi connectivity index (χ3n) is 3.01. The highest BCUT2D eigenvalue weighted by Crippen LogP contribution is 2.20. The maximum absolute atomic E-state index is 12.2. The van der Waals surface area contributed by atoms with Gasteiger partial charge in [0.15, 0.2) is 0 Å². The lowest BCUT2D eigenvalue weighted by Crippen LogP contribution is -2.26. The van der Waals surface area contributed by atoms with Crippen LogP contribution in [0.2, 0.25) is 0 Å². The Kier molecular flexibility index (Phi) is 7.28. The summed E-state index contributed by atoms with van der Waals surface area (Å²) in [4.78, 5) is 22.1. The van der Waals surface area contributed by atoms with E-state index in [1.165, 1.54) is 12.1 Å². The number of ether oxygens (including phenoxy) is 1. The number of carbonyl (C=O) groups is 2. The molecule has 1 rings (SSSR count). The second kappa shape index (κ2) is 8.96. The highest BCUT2D eigenvalue weighted by molar-refractivity contribution is 5.76. The maximum atomic E-state index is 12.2. The van der Waals surface area contributed by atoms with Gasteiger partial charge in [0, 0.05) is 12.8 Å². The Morgan fingerprint density at radius 1 is 1.27 bits per heavy atom. The van der Waals surface area contributed by atoms with E-state index < -0.39 is 12.6 Å². The Balaban J connectivity index is 2.45. The molecule has 7 heteroatoms. The Hall–Kier alpha value is -2.18. The third-order valence-corrected chi connectivity index (χ3v) is 3.01. The molecule has 1 amide bonds. The van der Waals surface area contributed by atoms with Crippen LogP contribution in [0.1, 0.15) is 44.2 Å². The zero-order chi connectivity index (χ0) is 16.5. The quantitative estimate of drug-likeness (QED) is 0.687. The van der Waals surface area contributed by atoms with E-state index in [1.54, 1.807) is 19.1 Å². The second-order valence-corrected chi connectivity index (χ2v) is 4.84. The van der Waals surface area contributed by atoms with Crippen LogP contribution < -0.4 is 10.1 Å². The van der Waals surface area contributed by atoms with Gasteiger partial charge in [0.2, 0.25) is 5.91 Å². The van der Waals surface area contributed by atoms with Gasteiger partial charge in [0.25, 0.3) is 0 Å². The van der Waals surface area contributed by atoms with Crippen molar-refractivity contribution in [1.82, 2.24) is 5.32 Å². The number of rotatable bonds is 9. The SMILES string of the molecule is CC(NC(=O)CCCCC(=O)O)c1cccc(OC(F)F)c1. The lowest BCUT2D eigenvalue weighted by molar-refractivity contribution is -0.137. The Bertz CT molecular complexity index is 508. The number of alkyl halides is 2. The molecule has 122 valence electrons. The molecule has 0 aliphatic carbocycles. The van der Waals surface area contributed by atoms with Crippen molar-refractivity contribution in [3.8, 4) is 5.75 Å². The van der Waals surface area contributed by atoms with Gasteiger partial charge in [-0.3, -0.25) is 9.59 Å². The zero-order valence-electron chi connectivity index (χ0n) is 12.2. The van der Waals surface area contributed by atoms with Crippen molar-refractivity contribution < 1.29 is 28.2 Å². The van der Waals surface area contributed by atoms with Gasteiger partial charge in [0.05, 0.1) is 6.04 Å². The Morgan fingerprint density at radius 2 is 1.95 bits per heavy atom. The van der Waals surface area contributed by atoms with Crippen LogP contribution in [0.4, 0.5) is 8.78 Å². The minimum absolute atomic E-state index is 0.0371. The number of carboxylic acid groups (broad SMARTS) is 1. The van der Waals surface area contributed by atoms with Gasteiger partial charge in [0.1, 0.15) is 5.75 Å². The summed E-state index contributed by atoms with van der Waals surface area (Å²) in [7, 11) is 0. The molecule has 0 bridgehead atoms. The van der Waals surface area contributed by atoms with Crippen LogP contribution in [0.5, 0.6) is 5.75 Å². The van der Waals surface area contributed by atoms with E-state index in [2.05, 4.69) is 10.1 Å². The summed E-state index contributed by atoms with van der Waals surface area (Å²) < 4.78 is 28.6. The monoisotopic (exact) mass is 315 g/mol. The molecule has 2 N–H and O–H groups in total. The first kappa shape index (κ1) is 17.9. The molecule has 0 spiro atoms. The Labute approximate surface area is 127 Å². The van der Waals surface area contributed by atoms with Gasteiger partial charge in [-0.1, -0.05) is 12.1 Å². The van der Waals surface area contributed by atoms with Gasteiger partial charge in [-0.05, 0) is 37.5 Å². The summed E-state index contributed by atoms with van der Waals surface area (Å²) in [5.74, 6) is -1.06. The third kappa shape index (κ3) is 7.01. The van der Waals surface area contributed by atoms with E-state index in [-0.39, 0.29) is 30.5 Å². The maximum Gasteiger partial charge on any atom is 0.387 e. The molecule has 1 aromatic rings. The minimum Gasteiger partial charge on any atom is -0.481 e. The van der Waals surface area contributed by atoms with Crippen LogP contribution in [0.3, 0.4) is 0 Å². The van der Waals surface area contributed by atoms with E-state index in [0.717, 1.165) is 0 Å². The van der Waals surface area contributed by atoms with Crippen LogP contribution in [0.15, 0.2) is 24.3 Å². The fourth-order valence-electron chi connectivity index (χ4n) is 1.92. The number of amides is 1. The second-order valence-electron chi connectivity index (χ2n) is 4.84. The number of carbonyl (C=O) groups excluding carboxylic acids is 1. The van der Waals surface area contributed by atoms with Crippen LogP contribution >= 0.6 is 0 Å². The first-order valence-electron chi connectivity index (χ1n) is 6.94. The number of unbranched alkanes of at least 4 members (excludes halogenated alkanes) is 1. The Morgan fingerprint density at radius 3 is 2.59 bits per heavy atom. The predicted octanol–water partition coefficient (Wildman–Crippen LogP) is 3.11. The molecule has 0 aromatic heterocycles. The smallest absolute Gasteiger partial charge is 0.387 e. The van der Waals surface area contributed by atoms with E-state index in [9.17, 15) is 18.4 Å². The van der Waals surface area contributed by atoms with Crippen LogP contribution in [-0.2, 0) is 9.59 Å². The molecule has 22 heavy (non-hydrogen) atoms. The highest BCUT2D eigenvalue weighted by Gasteiger charge is 2.11. The standard InChI is InChI=1S/C15H19F2NO4/c1-10(18-13(19)7-2-3-8-14(20)21)11-5-4-6-12(9-11)22-15(16)17/h4-6,9-10,15H,2-3,7-8H2,1H3,(H,18,19)(H,20,21). The fourth-order valence-corrected chi connectivity index (χ4v) is 1.92.